The molecule has 0 aliphatic rings. The number of hydrogen-bond donors (Lipinski definition) is 1. The molecule has 0 bridgehead atoms. The first-order chi connectivity index (χ1) is 8.51. The zero-order valence-electron chi connectivity index (χ0n) is 10.7. The molecule has 0 amide bonds. The normalized spacial score (nSPS) is 10.2. The molecule has 0 aliphatic heterocycles. The summed E-state index contributed by atoms with van der Waals surface area (Å²) in [4.78, 5) is 10.5. The molecule has 0 saturated carbocycles. The first kappa shape index (κ1) is 14.6. The lowest BCUT2D eigenvalue weighted by atomic mass is 10.0. The standard InChI is InChI=1S/C13H17ClO4/c1-8-7-9(5-4-6-10(15)16)13(18-3)11(14)12(8)17-2/h7H,4-6H2,1-3H3,(H,15,16). The van der Waals surface area contributed by atoms with Gasteiger partial charge >= 0.3 is 5.97 Å². The Morgan fingerprint density at radius 2 is 1.94 bits per heavy atom. The van der Waals surface area contributed by atoms with E-state index in [-0.39, 0.29) is 6.42 Å². The molecule has 1 aromatic rings. The summed E-state index contributed by atoms with van der Waals surface area (Å²) in [5.74, 6) is 0.352. The summed E-state index contributed by atoms with van der Waals surface area (Å²) in [6.07, 6.45) is 1.29. The van der Waals surface area contributed by atoms with E-state index in [1.165, 1.54) is 7.11 Å². The second-order valence-corrected chi connectivity index (χ2v) is 4.36. The smallest absolute Gasteiger partial charge is 0.303 e. The summed E-state index contributed by atoms with van der Waals surface area (Å²) in [5, 5.41) is 9.07. The zero-order valence-corrected chi connectivity index (χ0v) is 11.5. The Labute approximate surface area is 111 Å². The topological polar surface area (TPSA) is 55.8 Å². The third-order valence-corrected chi connectivity index (χ3v) is 3.03. The van der Waals surface area contributed by atoms with Crippen molar-refractivity contribution in [3.05, 3.63) is 22.2 Å². The minimum absolute atomic E-state index is 0.131. The van der Waals surface area contributed by atoms with Gasteiger partial charge < -0.3 is 14.6 Å². The lowest BCUT2D eigenvalue weighted by molar-refractivity contribution is -0.137. The number of carboxylic acids is 1. The van der Waals surface area contributed by atoms with Crippen LogP contribution in [0.2, 0.25) is 5.02 Å². The van der Waals surface area contributed by atoms with Crippen LogP contribution in [0.15, 0.2) is 6.07 Å². The molecule has 4 nitrogen and oxygen atoms in total. The van der Waals surface area contributed by atoms with Crippen molar-refractivity contribution in [2.45, 2.75) is 26.2 Å². The van der Waals surface area contributed by atoms with Crippen LogP contribution >= 0.6 is 11.6 Å². The van der Waals surface area contributed by atoms with Gasteiger partial charge in [0.15, 0.2) is 0 Å². The zero-order chi connectivity index (χ0) is 13.7. The first-order valence-corrected chi connectivity index (χ1v) is 6.00. The van der Waals surface area contributed by atoms with Crippen LogP contribution in [0.1, 0.15) is 24.0 Å². The highest BCUT2D eigenvalue weighted by atomic mass is 35.5. The predicted molar refractivity (Wildman–Crippen MR) is 69.9 cm³/mol. The van der Waals surface area contributed by atoms with Gasteiger partial charge in [-0.15, -0.1) is 0 Å². The van der Waals surface area contributed by atoms with Crippen LogP contribution in [0.4, 0.5) is 0 Å². The van der Waals surface area contributed by atoms with Crippen LogP contribution in [-0.4, -0.2) is 25.3 Å². The fourth-order valence-corrected chi connectivity index (χ4v) is 2.32. The Balaban J connectivity index is 3.00. The van der Waals surface area contributed by atoms with Crippen LogP contribution in [0, 0.1) is 6.92 Å². The number of carbonyl (C=O) groups is 1. The van der Waals surface area contributed by atoms with Crippen LogP contribution in [0.3, 0.4) is 0 Å². The number of ether oxygens (including phenoxy) is 2. The van der Waals surface area contributed by atoms with Gasteiger partial charge in [-0.05, 0) is 37.0 Å². The average molecular weight is 273 g/mol. The molecule has 0 atom stereocenters. The van der Waals surface area contributed by atoms with E-state index in [1.807, 2.05) is 13.0 Å². The molecule has 0 heterocycles. The number of methoxy groups -OCH3 is 2. The number of aryl methyl sites for hydroxylation is 2. The molecular formula is C13H17ClO4. The molecule has 0 radical (unpaired) electrons. The molecule has 0 unspecified atom stereocenters. The highest BCUT2D eigenvalue weighted by molar-refractivity contribution is 6.33. The predicted octanol–water partition coefficient (Wildman–Crippen LogP) is 3.07. The van der Waals surface area contributed by atoms with E-state index in [9.17, 15) is 4.79 Å². The van der Waals surface area contributed by atoms with Crippen LogP contribution < -0.4 is 9.47 Å². The number of rotatable bonds is 6. The Morgan fingerprint density at radius 1 is 1.33 bits per heavy atom. The van der Waals surface area contributed by atoms with Crippen LogP contribution in [-0.2, 0) is 11.2 Å². The maximum absolute atomic E-state index is 10.5. The largest absolute Gasteiger partial charge is 0.495 e. The molecule has 1 aromatic carbocycles. The van der Waals surface area contributed by atoms with Crippen molar-refractivity contribution >= 4 is 17.6 Å². The summed E-state index contributed by atoms with van der Waals surface area (Å²) < 4.78 is 10.5. The van der Waals surface area contributed by atoms with E-state index in [1.54, 1.807) is 7.11 Å². The average Bonchev–Trinajstić information content (AvgIpc) is 2.29. The van der Waals surface area contributed by atoms with E-state index < -0.39 is 5.97 Å². The van der Waals surface area contributed by atoms with Gasteiger partial charge in [0.1, 0.15) is 16.5 Å². The molecule has 0 saturated heterocycles. The lowest BCUT2D eigenvalue weighted by Crippen LogP contribution is -2.00. The van der Waals surface area contributed by atoms with E-state index in [4.69, 9.17) is 26.2 Å². The quantitative estimate of drug-likeness (QED) is 0.865. The molecule has 0 aromatic heterocycles. The summed E-state index contributed by atoms with van der Waals surface area (Å²) in [7, 11) is 3.09. The fourth-order valence-electron chi connectivity index (χ4n) is 1.90. The lowest BCUT2D eigenvalue weighted by Gasteiger charge is -2.15. The number of carboxylic acid groups (broad SMARTS) is 1. The molecule has 100 valence electrons. The SMILES string of the molecule is COc1c(C)cc(CCCC(=O)O)c(OC)c1Cl. The van der Waals surface area contributed by atoms with Crippen LogP contribution in [0.5, 0.6) is 11.5 Å². The van der Waals surface area contributed by atoms with Gasteiger partial charge in [0.05, 0.1) is 14.2 Å². The molecule has 5 heteroatoms. The van der Waals surface area contributed by atoms with Crippen molar-refractivity contribution in [2.75, 3.05) is 14.2 Å². The van der Waals surface area contributed by atoms with Crippen molar-refractivity contribution < 1.29 is 19.4 Å². The van der Waals surface area contributed by atoms with Gasteiger partial charge in [-0.2, -0.15) is 0 Å². The first-order valence-electron chi connectivity index (χ1n) is 5.63. The van der Waals surface area contributed by atoms with Gasteiger partial charge in [-0.1, -0.05) is 11.6 Å². The maximum atomic E-state index is 10.5. The molecule has 18 heavy (non-hydrogen) atoms. The molecule has 1 N–H and O–H groups in total. The number of halogens is 1. The van der Waals surface area contributed by atoms with Gasteiger partial charge in [-0.25, -0.2) is 0 Å². The minimum atomic E-state index is -0.801. The second kappa shape index (κ2) is 6.50. The third-order valence-electron chi connectivity index (χ3n) is 2.68. The Hall–Kier alpha value is -1.42. The summed E-state index contributed by atoms with van der Waals surface area (Å²) in [5.41, 5.74) is 1.82. The highest BCUT2D eigenvalue weighted by Gasteiger charge is 2.16. The Kier molecular flexibility index (Phi) is 5.28. The number of benzene rings is 1. The molecule has 0 spiro atoms. The number of hydrogen-bond acceptors (Lipinski definition) is 3. The van der Waals surface area contributed by atoms with Crippen LogP contribution in [0.25, 0.3) is 0 Å². The minimum Gasteiger partial charge on any atom is -0.495 e. The van der Waals surface area contributed by atoms with E-state index >= 15 is 0 Å². The Morgan fingerprint density at radius 3 is 2.44 bits per heavy atom. The van der Waals surface area contributed by atoms with Crippen molar-refractivity contribution in [2.24, 2.45) is 0 Å². The van der Waals surface area contributed by atoms with Crippen molar-refractivity contribution in [3.8, 4) is 11.5 Å². The summed E-state index contributed by atoms with van der Waals surface area (Å²) in [6, 6.07) is 1.92. The van der Waals surface area contributed by atoms with Crippen molar-refractivity contribution in [1.82, 2.24) is 0 Å². The van der Waals surface area contributed by atoms with Gasteiger partial charge in [0.2, 0.25) is 0 Å². The van der Waals surface area contributed by atoms with Crippen molar-refractivity contribution in [3.63, 3.8) is 0 Å². The molecule has 1 rings (SSSR count). The summed E-state index contributed by atoms with van der Waals surface area (Å²) >= 11 is 6.19. The van der Waals surface area contributed by atoms with Crippen molar-refractivity contribution in [1.29, 1.82) is 0 Å². The fraction of sp³-hybridized carbons (Fsp3) is 0.462. The van der Waals surface area contributed by atoms with E-state index in [2.05, 4.69) is 0 Å². The number of aliphatic carboxylic acids is 1. The maximum Gasteiger partial charge on any atom is 0.303 e. The Bertz CT molecular complexity index is 443. The second-order valence-electron chi connectivity index (χ2n) is 3.98. The van der Waals surface area contributed by atoms with E-state index in [0.29, 0.717) is 29.4 Å². The molecular weight excluding hydrogens is 256 g/mol. The van der Waals surface area contributed by atoms with Gasteiger partial charge in [-0.3, -0.25) is 4.79 Å². The molecule has 0 aliphatic carbocycles. The summed E-state index contributed by atoms with van der Waals surface area (Å²) in [6.45, 7) is 1.89. The van der Waals surface area contributed by atoms with Gasteiger partial charge in [0.25, 0.3) is 0 Å². The monoisotopic (exact) mass is 272 g/mol. The third kappa shape index (κ3) is 3.29. The van der Waals surface area contributed by atoms with Gasteiger partial charge in [0, 0.05) is 6.42 Å². The highest BCUT2D eigenvalue weighted by Crippen LogP contribution is 2.40. The van der Waals surface area contributed by atoms with E-state index in [0.717, 1.165) is 11.1 Å². The molecule has 0 fully saturated rings.